The molecule has 146 valence electrons. The minimum Gasteiger partial charge on any atom is -0.510 e. The molecule has 0 saturated carbocycles. The molecule has 0 atom stereocenters. The zero-order valence-electron chi connectivity index (χ0n) is 16.3. The summed E-state index contributed by atoms with van der Waals surface area (Å²) in [6.45, 7) is 8.10. The number of hydrogen-bond donors (Lipinski definition) is 0. The van der Waals surface area contributed by atoms with Crippen LogP contribution < -0.4 is 14.5 Å². The maximum Gasteiger partial charge on any atom is 4.00 e. The minimum absolute atomic E-state index is 0. The molecule has 0 unspecified atom stereocenters. The van der Waals surface area contributed by atoms with E-state index in [1.165, 1.54) is 0 Å². The van der Waals surface area contributed by atoms with E-state index in [9.17, 15) is 0 Å². The summed E-state index contributed by atoms with van der Waals surface area (Å²) < 4.78 is 6.13. The molecule has 4 rings (SSSR count). The molecule has 28 heavy (non-hydrogen) atoms. The van der Waals surface area contributed by atoms with Gasteiger partial charge in [-0.25, -0.2) is 0 Å². The molecule has 2 aromatic carbocycles. The third-order valence-electron chi connectivity index (χ3n) is 4.26. The fraction of sp³-hybridized carbons (Fsp3) is 0.182. The second kappa shape index (κ2) is 8.32. The summed E-state index contributed by atoms with van der Waals surface area (Å²) in [4.78, 5) is 8.03. The Morgan fingerprint density at radius 2 is 1.14 bits per heavy atom. The Labute approximate surface area is 181 Å². The molecule has 5 nitrogen and oxygen atoms in total. The van der Waals surface area contributed by atoms with Gasteiger partial charge >= 0.3 is 21.1 Å². The van der Waals surface area contributed by atoms with E-state index in [0.717, 1.165) is 22.5 Å². The zero-order chi connectivity index (χ0) is 19.0. The Bertz CT molecular complexity index is 838. The summed E-state index contributed by atoms with van der Waals surface area (Å²) in [6, 6.07) is 14.8. The molecular weight excluding hydrogens is 531 g/mol. The minimum atomic E-state index is 0. The molecule has 2 aliphatic rings. The SMILES string of the molecule is Cc1cc(Oc2[c-]c(N3C=CN(C)[CH-]3)cc(C)c2)[c-]c(N2C=CN(C)[CH-]2)c1.[Pt+4]. The van der Waals surface area contributed by atoms with Gasteiger partial charge < -0.3 is 24.3 Å². The van der Waals surface area contributed by atoms with E-state index in [-0.39, 0.29) is 21.1 Å². The molecule has 2 aliphatic heterocycles. The van der Waals surface area contributed by atoms with Crippen molar-refractivity contribution in [2.75, 3.05) is 23.9 Å². The Morgan fingerprint density at radius 1 is 0.714 bits per heavy atom. The zero-order valence-corrected chi connectivity index (χ0v) is 18.6. The van der Waals surface area contributed by atoms with Gasteiger partial charge in [-0.2, -0.15) is 24.5 Å². The van der Waals surface area contributed by atoms with Crippen molar-refractivity contribution in [2.24, 2.45) is 0 Å². The van der Waals surface area contributed by atoms with Crippen LogP contribution in [-0.4, -0.2) is 23.9 Å². The molecule has 6 heteroatoms. The first-order valence-electron chi connectivity index (χ1n) is 8.79. The van der Waals surface area contributed by atoms with Crippen molar-refractivity contribution in [2.45, 2.75) is 13.8 Å². The van der Waals surface area contributed by atoms with Crippen molar-refractivity contribution < 1.29 is 25.8 Å². The van der Waals surface area contributed by atoms with Crippen LogP contribution in [0.25, 0.3) is 0 Å². The number of hydrogen-bond acceptors (Lipinski definition) is 5. The number of ether oxygens (including phenoxy) is 1. The van der Waals surface area contributed by atoms with E-state index in [1.807, 2.05) is 84.0 Å². The second-order valence-corrected chi connectivity index (χ2v) is 6.89. The van der Waals surface area contributed by atoms with Crippen LogP contribution in [0.1, 0.15) is 11.1 Å². The van der Waals surface area contributed by atoms with Crippen LogP contribution in [0.4, 0.5) is 11.4 Å². The third-order valence-corrected chi connectivity index (χ3v) is 4.26. The van der Waals surface area contributed by atoms with Crippen molar-refractivity contribution >= 4 is 11.4 Å². The van der Waals surface area contributed by atoms with Crippen LogP contribution in [0.5, 0.6) is 11.5 Å². The van der Waals surface area contributed by atoms with Crippen LogP contribution in [0, 0.1) is 39.3 Å². The van der Waals surface area contributed by atoms with Gasteiger partial charge in [0.1, 0.15) is 0 Å². The smallest absolute Gasteiger partial charge is 0.510 e. The molecule has 0 fully saturated rings. The number of nitrogens with zero attached hydrogens (tertiary/aromatic N) is 4. The van der Waals surface area contributed by atoms with Gasteiger partial charge in [0, 0.05) is 11.5 Å². The summed E-state index contributed by atoms with van der Waals surface area (Å²) in [6.07, 6.45) is 7.98. The number of rotatable bonds is 4. The van der Waals surface area contributed by atoms with Crippen molar-refractivity contribution in [3.05, 3.63) is 85.7 Å². The van der Waals surface area contributed by atoms with Gasteiger partial charge in [0.25, 0.3) is 0 Å². The molecule has 0 aromatic heterocycles. The first-order valence-corrected chi connectivity index (χ1v) is 8.79. The molecule has 0 aliphatic carbocycles. The summed E-state index contributed by atoms with van der Waals surface area (Å²) in [5.41, 5.74) is 4.10. The fourth-order valence-electron chi connectivity index (χ4n) is 3.02. The van der Waals surface area contributed by atoms with E-state index in [2.05, 4.69) is 38.1 Å². The monoisotopic (exact) mass is 553 g/mol. The Balaban J connectivity index is 0.00000225. The van der Waals surface area contributed by atoms with Gasteiger partial charge in [0.2, 0.25) is 0 Å². The topological polar surface area (TPSA) is 22.2 Å². The van der Waals surface area contributed by atoms with Gasteiger partial charge in [-0.05, 0) is 38.9 Å². The standard InChI is InChI=1S/C22H22N4O.Pt/c1-17-9-19(25-7-5-23(3)15-25)13-21(11-17)27-22-12-18(2)10-20(14-22)26-8-6-24(4)16-26;/h5-12,15-16H,1-4H3;/q-4;+4. The predicted molar refractivity (Wildman–Crippen MR) is 107 cm³/mol. The van der Waals surface area contributed by atoms with E-state index in [4.69, 9.17) is 4.74 Å². The molecular formula is C22H22N4OPt. The Morgan fingerprint density at radius 3 is 1.50 bits per heavy atom. The van der Waals surface area contributed by atoms with Gasteiger partial charge in [-0.15, -0.1) is 47.8 Å². The van der Waals surface area contributed by atoms with E-state index < -0.39 is 0 Å². The van der Waals surface area contributed by atoms with Gasteiger partial charge in [-0.1, -0.05) is 13.8 Å². The first kappa shape index (κ1) is 20.3. The predicted octanol–water partition coefficient (Wildman–Crippen LogP) is 4.38. The van der Waals surface area contributed by atoms with Crippen LogP contribution in [0.2, 0.25) is 0 Å². The fourth-order valence-corrected chi connectivity index (χ4v) is 3.02. The largest absolute Gasteiger partial charge is 4.00 e. The molecule has 0 amide bonds. The van der Waals surface area contributed by atoms with Crippen LogP contribution >= 0.6 is 0 Å². The van der Waals surface area contributed by atoms with E-state index in [1.54, 1.807) is 0 Å². The molecule has 0 radical (unpaired) electrons. The molecule has 0 N–H and O–H groups in total. The second-order valence-electron chi connectivity index (χ2n) is 6.89. The average Bonchev–Trinajstić information content (AvgIpc) is 3.22. The number of benzene rings is 2. The van der Waals surface area contributed by atoms with Crippen LogP contribution in [0.15, 0.2) is 49.1 Å². The first-order chi connectivity index (χ1) is 13.0. The number of anilines is 2. The molecule has 2 heterocycles. The molecule has 0 saturated heterocycles. The summed E-state index contributed by atoms with van der Waals surface area (Å²) >= 11 is 0. The maximum absolute atomic E-state index is 6.13. The van der Waals surface area contributed by atoms with E-state index in [0.29, 0.717) is 11.5 Å². The third kappa shape index (κ3) is 4.53. The molecule has 0 bridgehead atoms. The Kier molecular flexibility index (Phi) is 6.04. The van der Waals surface area contributed by atoms with Crippen LogP contribution in [0.3, 0.4) is 0 Å². The average molecular weight is 554 g/mol. The normalized spacial score (nSPS) is 15.4. The molecule has 2 aromatic rings. The van der Waals surface area contributed by atoms with Crippen molar-refractivity contribution in [1.82, 2.24) is 9.80 Å². The summed E-state index contributed by atoms with van der Waals surface area (Å²) in [7, 11) is 3.99. The molecule has 0 spiro atoms. The van der Waals surface area contributed by atoms with Crippen molar-refractivity contribution in [1.29, 1.82) is 0 Å². The summed E-state index contributed by atoms with van der Waals surface area (Å²) in [5, 5.41) is 0. The van der Waals surface area contributed by atoms with Crippen molar-refractivity contribution in [3.63, 3.8) is 0 Å². The Hall–Kier alpha value is -2.39. The quantitative estimate of drug-likeness (QED) is 0.523. The van der Waals surface area contributed by atoms with Gasteiger partial charge in [0.05, 0.1) is 0 Å². The van der Waals surface area contributed by atoms with E-state index >= 15 is 0 Å². The van der Waals surface area contributed by atoms with Gasteiger partial charge in [-0.3, -0.25) is 0 Å². The van der Waals surface area contributed by atoms with Crippen LogP contribution in [-0.2, 0) is 21.1 Å². The maximum atomic E-state index is 6.13. The van der Waals surface area contributed by atoms with Crippen molar-refractivity contribution in [3.8, 4) is 11.5 Å². The van der Waals surface area contributed by atoms with Gasteiger partial charge in [0.15, 0.2) is 0 Å². The summed E-state index contributed by atoms with van der Waals surface area (Å²) in [5.74, 6) is 1.35. The number of aryl methyl sites for hydroxylation is 2.